The van der Waals surface area contributed by atoms with Gasteiger partial charge in [-0.15, -0.1) is 11.3 Å². The Morgan fingerprint density at radius 1 is 0.960 bits per heavy atom. The van der Waals surface area contributed by atoms with E-state index in [0.29, 0.717) is 21.8 Å². The quantitative estimate of drug-likeness (QED) is 0.606. The second-order valence-corrected chi connectivity index (χ2v) is 7.25. The van der Waals surface area contributed by atoms with Crippen LogP contribution in [0.15, 0.2) is 64.5 Å². The summed E-state index contributed by atoms with van der Waals surface area (Å²) in [6, 6.07) is 16.1. The first-order valence-electron chi connectivity index (χ1n) is 7.55. The van der Waals surface area contributed by atoms with E-state index in [0.717, 1.165) is 10.0 Å². The molecule has 3 aromatic rings. The predicted molar refractivity (Wildman–Crippen MR) is 106 cm³/mol. The molecule has 0 aliphatic rings. The molecule has 0 saturated heterocycles. The lowest BCUT2D eigenvalue weighted by Gasteiger charge is -2.09. The topological polar surface area (TPSA) is 58.2 Å². The maximum Gasteiger partial charge on any atom is 0.265 e. The first-order valence-corrected chi connectivity index (χ1v) is 9.22. The summed E-state index contributed by atoms with van der Waals surface area (Å²) in [5.41, 5.74) is 2.98. The molecule has 2 amide bonds. The average molecular weight is 415 g/mol. The Balaban J connectivity index is 1.67. The minimum Gasteiger partial charge on any atom is -0.321 e. The number of hydrogen-bond donors (Lipinski definition) is 2. The van der Waals surface area contributed by atoms with Gasteiger partial charge >= 0.3 is 0 Å². The lowest BCUT2D eigenvalue weighted by Crippen LogP contribution is -2.13. The summed E-state index contributed by atoms with van der Waals surface area (Å²) >= 11 is 4.83. The van der Waals surface area contributed by atoms with Crippen LogP contribution < -0.4 is 10.6 Å². The van der Waals surface area contributed by atoms with E-state index in [1.165, 1.54) is 11.3 Å². The fourth-order valence-corrected chi connectivity index (χ4v) is 3.43. The summed E-state index contributed by atoms with van der Waals surface area (Å²) in [5, 5.41) is 7.53. The Labute approximate surface area is 158 Å². The van der Waals surface area contributed by atoms with Gasteiger partial charge in [0.2, 0.25) is 0 Å². The van der Waals surface area contributed by atoms with Gasteiger partial charge in [0, 0.05) is 15.7 Å². The molecule has 3 rings (SSSR count). The van der Waals surface area contributed by atoms with Crippen molar-refractivity contribution in [1.29, 1.82) is 0 Å². The number of aryl methyl sites for hydroxylation is 1. The number of hydrogen-bond acceptors (Lipinski definition) is 3. The van der Waals surface area contributed by atoms with Crippen molar-refractivity contribution in [2.75, 3.05) is 10.6 Å². The first-order chi connectivity index (χ1) is 12.0. The second kappa shape index (κ2) is 7.63. The zero-order valence-corrected chi connectivity index (χ0v) is 15.8. The van der Waals surface area contributed by atoms with Gasteiger partial charge in [0.15, 0.2) is 0 Å². The predicted octanol–water partition coefficient (Wildman–Crippen LogP) is 5.32. The van der Waals surface area contributed by atoms with Crippen LogP contribution in [0, 0.1) is 6.92 Å². The molecule has 0 spiro atoms. The Morgan fingerprint density at radius 3 is 2.36 bits per heavy atom. The van der Waals surface area contributed by atoms with Crippen molar-refractivity contribution in [3.8, 4) is 0 Å². The molecule has 0 radical (unpaired) electrons. The lowest BCUT2D eigenvalue weighted by atomic mass is 10.1. The standard InChI is InChI=1S/C19H15BrN2O2S/c1-12-4-9-16(15(20)11-12)22-18(23)13-5-7-14(8-6-13)21-19(24)17-3-2-10-25-17/h2-11H,1H3,(H,21,24)(H,22,23). The van der Waals surface area contributed by atoms with Crippen LogP contribution in [-0.4, -0.2) is 11.8 Å². The number of amides is 2. The van der Waals surface area contributed by atoms with Crippen LogP contribution in [-0.2, 0) is 0 Å². The van der Waals surface area contributed by atoms with Crippen molar-refractivity contribution in [3.63, 3.8) is 0 Å². The van der Waals surface area contributed by atoms with Crippen molar-refractivity contribution in [1.82, 2.24) is 0 Å². The summed E-state index contributed by atoms with van der Waals surface area (Å²) < 4.78 is 0.834. The van der Waals surface area contributed by atoms with E-state index in [-0.39, 0.29) is 11.8 Å². The van der Waals surface area contributed by atoms with Crippen LogP contribution in [0.5, 0.6) is 0 Å². The molecule has 25 heavy (non-hydrogen) atoms. The van der Waals surface area contributed by atoms with E-state index < -0.39 is 0 Å². The minimum absolute atomic E-state index is 0.157. The largest absolute Gasteiger partial charge is 0.321 e. The van der Waals surface area contributed by atoms with E-state index in [9.17, 15) is 9.59 Å². The third-order valence-corrected chi connectivity index (χ3v) is 5.05. The Morgan fingerprint density at radius 2 is 1.72 bits per heavy atom. The van der Waals surface area contributed by atoms with Crippen molar-refractivity contribution in [3.05, 3.63) is 80.5 Å². The molecule has 1 aromatic heterocycles. The van der Waals surface area contributed by atoms with E-state index in [2.05, 4.69) is 26.6 Å². The first kappa shape index (κ1) is 17.4. The number of benzene rings is 2. The number of thiophene rings is 1. The summed E-state index contributed by atoms with van der Waals surface area (Å²) in [4.78, 5) is 25.0. The molecule has 0 fully saturated rings. The summed E-state index contributed by atoms with van der Waals surface area (Å²) in [5.74, 6) is -0.364. The highest BCUT2D eigenvalue weighted by Gasteiger charge is 2.10. The molecule has 2 aromatic carbocycles. The van der Waals surface area contributed by atoms with Gasteiger partial charge < -0.3 is 10.6 Å². The van der Waals surface area contributed by atoms with Gasteiger partial charge in [-0.25, -0.2) is 0 Å². The van der Waals surface area contributed by atoms with E-state index >= 15 is 0 Å². The zero-order valence-electron chi connectivity index (χ0n) is 13.4. The average Bonchev–Trinajstić information content (AvgIpc) is 3.13. The number of carbonyl (C=O) groups excluding carboxylic acids is 2. The molecule has 0 atom stereocenters. The molecule has 4 nitrogen and oxygen atoms in total. The molecule has 0 aliphatic carbocycles. The molecule has 0 unspecified atom stereocenters. The molecule has 2 N–H and O–H groups in total. The maximum absolute atomic E-state index is 12.4. The summed E-state index contributed by atoms with van der Waals surface area (Å²) in [6.45, 7) is 1.99. The van der Waals surface area contributed by atoms with E-state index in [4.69, 9.17) is 0 Å². The van der Waals surface area contributed by atoms with Crippen molar-refractivity contribution >= 4 is 50.5 Å². The van der Waals surface area contributed by atoms with Gasteiger partial charge in [-0.1, -0.05) is 12.1 Å². The molecule has 0 bridgehead atoms. The summed E-state index contributed by atoms with van der Waals surface area (Å²) in [6.07, 6.45) is 0. The fraction of sp³-hybridized carbons (Fsp3) is 0.0526. The SMILES string of the molecule is Cc1ccc(NC(=O)c2ccc(NC(=O)c3cccs3)cc2)c(Br)c1. The fourth-order valence-electron chi connectivity index (χ4n) is 2.22. The van der Waals surface area contributed by atoms with Crippen molar-refractivity contribution in [2.24, 2.45) is 0 Å². The Bertz CT molecular complexity index is 906. The van der Waals surface area contributed by atoms with Gasteiger partial charge in [0.1, 0.15) is 0 Å². The minimum atomic E-state index is -0.208. The highest BCUT2D eigenvalue weighted by Crippen LogP contribution is 2.24. The third-order valence-electron chi connectivity index (χ3n) is 3.52. The van der Waals surface area contributed by atoms with Crippen LogP contribution in [0.2, 0.25) is 0 Å². The highest BCUT2D eigenvalue weighted by atomic mass is 79.9. The van der Waals surface area contributed by atoms with Crippen LogP contribution >= 0.6 is 27.3 Å². The molecule has 0 saturated carbocycles. The molecular weight excluding hydrogens is 400 g/mol. The Kier molecular flexibility index (Phi) is 5.31. The number of nitrogens with one attached hydrogen (secondary N) is 2. The maximum atomic E-state index is 12.4. The van der Waals surface area contributed by atoms with Gasteiger partial charge in [-0.2, -0.15) is 0 Å². The van der Waals surface area contributed by atoms with Crippen LogP contribution in [0.25, 0.3) is 0 Å². The molecule has 0 aliphatic heterocycles. The van der Waals surface area contributed by atoms with Crippen molar-refractivity contribution in [2.45, 2.75) is 6.92 Å². The highest BCUT2D eigenvalue weighted by molar-refractivity contribution is 9.10. The van der Waals surface area contributed by atoms with Crippen LogP contribution in [0.1, 0.15) is 25.6 Å². The third kappa shape index (κ3) is 4.35. The Hall–Kier alpha value is -2.44. The number of carbonyl (C=O) groups is 2. The summed E-state index contributed by atoms with van der Waals surface area (Å²) in [7, 11) is 0. The number of halogens is 1. The van der Waals surface area contributed by atoms with Gasteiger partial charge in [-0.3, -0.25) is 9.59 Å². The molecule has 126 valence electrons. The van der Waals surface area contributed by atoms with Gasteiger partial charge in [0.25, 0.3) is 11.8 Å². The second-order valence-electron chi connectivity index (χ2n) is 5.45. The molecule has 1 heterocycles. The van der Waals surface area contributed by atoms with Crippen molar-refractivity contribution < 1.29 is 9.59 Å². The number of anilines is 2. The molecule has 6 heteroatoms. The zero-order chi connectivity index (χ0) is 17.8. The van der Waals surface area contributed by atoms with Gasteiger partial charge in [-0.05, 0) is 76.3 Å². The smallest absolute Gasteiger partial charge is 0.265 e. The van der Waals surface area contributed by atoms with Crippen LogP contribution in [0.4, 0.5) is 11.4 Å². The van der Waals surface area contributed by atoms with Crippen LogP contribution in [0.3, 0.4) is 0 Å². The molecular formula is C19H15BrN2O2S. The number of rotatable bonds is 4. The van der Waals surface area contributed by atoms with Gasteiger partial charge in [0.05, 0.1) is 10.6 Å². The normalized spacial score (nSPS) is 10.3. The lowest BCUT2D eigenvalue weighted by molar-refractivity contribution is 0.102. The van der Waals surface area contributed by atoms with E-state index in [1.54, 1.807) is 30.3 Å². The monoisotopic (exact) mass is 414 g/mol. The van der Waals surface area contributed by atoms with E-state index in [1.807, 2.05) is 36.6 Å².